The van der Waals surface area contributed by atoms with E-state index in [-0.39, 0.29) is 10.7 Å². The maximum atomic E-state index is 11.8. The summed E-state index contributed by atoms with van der Waals surface area (Å²) in [7, 11) is 1.11. The molecule has 2 aromatic heterocycles. The number of nitrogens with zero attached hydrogens (tertiary/aromatic N) is 3. The van der Waals surface area contributed by atoms with Crippen molar-refractivity contribution in [3.05, 3.63) is 29.3 Å². The third-order valence-electron chi connectivity index (χ3n) is 2.78. The molecule has 102 valence electrons. The highest BCUT2D eigenvalue weighted by Crippen LogP contribution is 2.32. The van der Waals surface area contributed by atoms with Gasteiger partial charge >= 0.3 is 5.97 Å². The molecule has 2 rings (SSSR count). The molecule has 19 heavy (non-hydrogen) atoms. The average molecular weight is 303 g/mol. The van der Waals surface area contributed by atoms with Crippen molar-refractivity contribution >= 4 is 34.2 Å². The van der Waals surface area contributed by atoms with Crippen LogP contribution in [0.5, 0.6) is 0 Å². The van der Waals surface area contributed by atoms with Crippen molar-refractivity contribution < 1.29 is 18.3 Å². The summed E-state index contributed by atoms with van der Waals surface area (Å²) in [5, 5.41) is 3.96. The normalized spacial score (nSPS) is 16.0. The smallest absolute Gasteiger partial charge is 0.327 e. The molecule has 0 aromatic carbocycles. The fraction of sp³-hybridized carbons (Fsp3) is 0.300. The summed E-state index contributed by atoms with van der Waals surface area (Å²) in [6.07, 6.45) is 2.75. The van der Waals surface area contributed by atoms with Gasteiger partial charge in [-0.2, -0.15) is 5.10 Å². The molecule has 0 saturated heterocycles. The summed E-state index contributed by atoms with van der Waals surface area (Å²) < 4.78 is 27.0. The first-order valence-corrected chi connectivity index (χ1v) is 6.53. The van der Waals surface area contributed by atoms with Crippen molar-refractivity contribution in [1.82, 2.24) is 14.6 Å². The second-order valence-electron chi connectivity index (χ2n) is 3.86. The monoisotopic (exact) mass is 302 g/mol. The van der Waals surface area contributed by atoms with Crippen molar-refractivity contribution in [3.8, 4) is 0 Å². The van der Waals surface area contributed by atoms with Gasteiger partial charge in [-0.15, -0.1) is 0 Å². The molecule has 2 atom stereocenters. The summed E-state index contributed by atoms with van der Waals surface area (Å²) in [5.74, 6) is -0.911. The number of methoxy groups -OCH3 is 1. The highest BCUT2D eigenvalue weighted by atomic mass is 35.5. The molecule has 0 saturated carbocycles. The average Bonchev–Trinajstić information content (AvgIpc) is 2.83. The van der Waals surface area contributed by atoms with E-state index in [1.54, 1.807) is 0 Å². The number of ether oxygens (including phenoxy) is 1. The lowest BCUT2D eigenvalue weighted by Crippen LogP contribution is -2.38. The number of fused-ring (bicyclic) bond motifs is 1. The summed E-state index contributed by atoms with van der Waals surface area (Å²) in [5.41, 5.74) is 0.520. The minimum Gasteiger partial charge on any atom is -0.771 e. The summed E-state index contributed by atoms with van der Waals surface area (Å²) in [4.78, 5) is 15.7. The second kappa shape index (κ2) is 4.87. The third-order valence-corrected chi connectivity index (χ3v) is 4.02. The van der Waals surface area contributed by atoms with Crippen LogP contribution < -0.4 is 0 Å². The van der Waals surface area contributed by atoms with Gasteiger partial charge in [-0.25, -0.2) is 9.50 Å². The zero-order chi connectivity index (χ0) is 14.2. The number of hydrogen-bond donors (Lipinski definition) is 0. The number of aromatic nitrogens is 3. The van der Waals surface area contributed by atoms with E-state index in [2.05, 4.69) is 14.8 Å². The number of hydrogen-bond acceptors (Lipinski definition) is 6. The molecule has 0 radical (unpaired) electrons. The molecule has 0 amide bonds. The molecular weight excluding hydrogens is 294 g/mol. The molecule has 0 aliphatic heterocycles. The largest absolute Gasteiger partial charge is 0.771 e. The standard InChI is InChI=1S/C10H10ClN3O4S/c1-10(19(16)17,9(15)18-2)6-3-8(11)13-14-5-12-4-7(6)14/h3-5H,1-2H3,(H,16,17)/p-1. The van der Waals surface area contributed by atoms with E-state index >= 15 is 0 Å². The highest BCUT2D eigenvalue weighted by molar-refractivity contribution is 7.81. The molecule has 9 heteroatoms. The van der Waals surface area contributed by atoms with Gasteiger partial charge in [0.05, 0.1) is 18.8 Å². The minimum atomic E-state index is -2.75. The Morgan fingerprint density at radius 2 is 2.32 bits per heavy atom. The van der Waals surface area contributed by atoms with Crippen molar-refractivity contribution in [2.24, 2.45) is 0 Å². The Labute approximate surface area is 115 Å². The van der Waals surface area contributed by atoms with E-state index in [1.165, 1.54) is 30.0 Å². The first-order valence-electron chi connectivity index (χ1n) is 5.08. The molecule has 0 fully saturated rings. The van der Waals surface area contributed by atoms with Crippen LogP contribution in [0.1, 0.15) is 12.5 Å². The second-order valence-corrected chi connectivity index (χ2v) is 5.54. The molecule has 2 aromatic rings. The molecule has 0 aliphatic carbocycles. The van der Waals surface area contributed by atoms with Gasteiger partial charge in [0.25, 0.3) is 0 Å². The van der Waals surface area contributed by atoms with Crippen LogP contribution in [0.15, 0.2) is 18.6 Å². The van der Waals surface area contributed by atoms with Crippen LogP contribution in [0.3, 0.4) is 0 Å². The van der Waals surface area contributed by atoms with E-state index in [4.69, 9.17) is 11.6 Å². The van der Waals surface area contributed by atoms with Crippen LogP contribution in [-0.2, 0) is 25.4 Å². The quantitative estimate of drug-likeness (QED) is 0.610. The van der Waals surface area contributed by atoms with Gasteiger partial charge in [0.15, 0.2) is 4.75 Å². The van der Waals surface area contributed by atoms with E-state index < -0.39 is 21.8 Å². The molecule has 2 unspecified atom stereocenters. The predicted octanol–water partition coefficient (Wildman–Crippen LogP) is 0.650. The zero-order valence-electron chi connectivity index (χ0n) is 9.99. The van der Waals surface area contributed by atoms with Crippen molar-refractivity contribution in [3.63, 3.8) is 0 Å². The lowest BCUT2D eigenvalue weighted by molar-refractivity contribution is -0.143. The first kappa shape index (κ1) is 13.9. The van der Waals surface area contributed by atoms with Gasteiger partial charge in [-0.3, -0.25) is 9.00 Å². The summed E-state index contributed by atoms with van der Waals surface area (Å²) >= 11 is 3.08. The molecule has 0 aliphatic rings. The van der Waals surface area contributed by atoms with Gasteiger partial charge < -0.3 is 9.29 Å². The van der Waals surface area contributed by atoms with E-state index in [0.717, 1.165) is 7.11 Å². The van der Waals surface area contributed by atoms with Crippen LogP contribution in [-0.4, -0.2) is 36.4 Å². The zero-order valence-corrected chi connectivity index (χ0v) is 11.6. The molecule has 7 nitrogen and oxygen atoms in total. The lowest BCUT2D eigenvalue weighted by Gasteiger charge is -2.29. The molecular formula is C10H9ClN3O4S-. The SMILES string of the molecule is COC(=O)C(C)(c1cc(Cl)nn2cncc12)S(=O)[O-]. The fourth-order valence-corrected chi connectivity index (χ4v) is 2.48. The van der Waals surface area contributed by atoms with Gasteiger partial charge in [-0.1, -0.05) is 11.6 Å². The number of carbonyl (C=O) groups excluding carboxylic acids is 1. The summed E-state index contributed by atoms with van der Waals surface area (Å²) in [6, 6.07) is 1.31. The number of halogens is 1. The Morgan fingerprint density at radius 1 is 1.63 bits per heavy atom. The Morgan fingerprint density at radius 3 is 2.89 bits per heavy atom. The molecule has 2 heterocycles. The van der Waals surface area contributed by atoms with E-state index in [1.807, 2.05) is 0 Å². The molecule has 0 N–H and O–H groups in total. The van der Waals surface area contributed by atoms with Gasteiger partial charge in [0, 0.05) is 5.56 Å². The van der Waals surface area contributed by atoms with Crippen molar-refractivity contribution in [2.45, 2.75) is 11.7 Å². The van der Waals surface area contributed by atoms with Crippen LogP contribution in [0.4, 0.5) is 0 Å². The topological polar surface area (TPSA) is 96.6 Å². The fourth-order valence-electron chi connectivity index (χ4n) is 1.73. The van der Waals surface area contributed by atoms with Gasteiger partial charge in [-0.05, 0) is 24.1 Å². The predicted molar refractivity (Wildman–Crippen MR) is 66.3 cm³/mol. The van der Waals surface area contributed by atoms with Gasteiger partial charge in [0.1, 0.15) is 11.5 Å². The number of carbonyl (C=O) groups is 1. The Bertz CT molecular complexity index is 674. The van der Waals surface area contributed by atoms with Crippen molar-refractivity contribution in [1.29, 1.82) is 0 Å². The highest BCUT2D eigenvalue weighted by Gasteiger charge is 2.40. The summed E-state index contributed by atoms with van der Waals surface area (Å²) in [6.45, 7) is 1.24. The van der Waals surface area contributed by atoms with E-state index in [0.29, 0.717) is 5.52 Å². The maximum absolute atomic E-state index is 11.8. The van der Waals surface area contributed by atoms with Gasteiger partial charge in [0.2, 0.25) is 0 Å². The van der Waals surface area contributed by atoms with Crippen LogP contribution in [0, 0.1) is 0 Å². The van der Waals surface area contributed by atoms with Crippen LogP contribution in [0.2, 0.25) is 5.15 Å². The third kappa shape index (κ3) is 2.11. The number of imidazole rings is 1. The Kier molecular flexibility index (Phi) is 3.57. The van der Waals surface area contributed by atoms with E-state index in [9.17, 15) is 13.6 Å². The lowest BCUT2D eigenvalue weighted by atomic mass is 10.0. The van der Waals surface area contributed by atoms with Crippen LogP contribution >= 0.6 is 11.6 Å². The number of rotatable bonds is 3. The van der Waals surface area contributed by atoms with Crippen LogP contribution in [0.25, 0.3) is 5.52 Å². The maximum Gasteiger partial charge on any atom is 0.327 e. The van der Waals surface area contributed by atoms with Crippen molar-refractivity contribution in [2.75, 3.05) is 7.11 Å². The minimum absolute atomic E-state index is 0.0427. The molecule has 0 bridgehead atoms. The first-order chi connectivity index (χ1) is 8.91. The Hall–Kier alpha value is -1.51. The number of esters is 1. The Balaban J connectivity index is 2.80. The molecule has 0 spiro atoms.